The topological polar surface area (TPSA) is 73.4 Å². The van der Waals surface area contributed by atoms with Gasteiger partial charge < -0.3 is 19.9 Å². The van der Waals surface area contributed by atoms with E-state index in [1.807, 2.05) is 41.9 Å². The molecule has 0 bridgehead atoms. The second-order valence-corrected chi connectivity index (χ2v) is 5.13. The maximum Gasteiger partial charge on any atom is 0.410 e. The molecular weight excluding hydrogens is 268 g/mol. The zero-order valence-electron chi connectivity index (χ0n) is 12.0. The number of carbonyl (C=O) groups is 1. The van der Waals surface area contributed by atoms with Gasteiger partial charge in [0.1, 0.15) is 6.61 Å². The van der Waals surface area contributed by atoms with Gasteiger partial charge in [0.05, 0.1) is 12.2 Å². The number of benzene rings is 1. The number of hydrogen-bond donors (Lipinski definition) is 1. The summed E-state index contributed by atoms with van der Waals surface area (Å²) in [6.45, 7) is 1.36. The van der Waals surface area contributed by atoms with Crippen LogP contribution in [0, 0.1) is 0 Å². The molecule has 0 atom stereocenters. The number of anilines is 1. The van der Waals surface area contributed by atoms with Crippen LogP contribution in [-0.2, 0) is 31.4 Å². The van der Waals surface area contributed by atoms with Crippen molar-refractivity contribution in [2.24, 2.45) is 7.05 Å². The highest BCUT2D eigenvalue weighted by Crippen LogP contribution is 2.20. The number of nitrogens with zero attached hydrogens (tertiary/aromatic N) is 3. The van der Waals surface area contributed by atoms with Crippen LogP contribution >= 0.6 is 0 Å². The summed E-state index contributed by atoms with van der Waals surface area (Å²) in [6, 6.07) is 9.64. The Bertz CT molecular complexity index is 651. The van der Waals surface area contributed by atoms with E-state index < -0.39 is 0 Å². The molecule has 2 heterocycles. The molecule has 1 aromatic carbocycles. The van der Waals surface area contributed by atoms with Gasteiger partial charge >= 0.3 is 6.09 Å². The van der Waals surface area contributed by atoms with Crippen LogP contribution in [0.3, 0.4) is 0 Å². The van der Waals surface area contributed by atoms with Gasteiger partial charge in [-0.1, -0.05) is 30.3 Å². The molecule has 6 nitrogen and oxygen atoms in total. The van der Waals surface area contributed by atoms with Gasteiger partial charge in [-0.25, -0.2) is 9.78 Å². The molecule has 110 valence electrons. The lowest BCUT2D eigenvalue weighted by atomic mass is 10.1. The number of carbonyl (C=O) groups excluding carboxylic acids is 1. The number of nitrogens with two attached hydrogens (primary N) is 1. The van der Waals surface area contributed by atoms with Crippen LogP contribution in [-0.4, -0.2) is 27.1 Å². The van der Waals surface area contributed by atoms with Gasteiger partial charge in [-0.05, 0) is 5.56 Å². The molecule has 1 aromatic heterocycles. The average molecular weight is 286 g/mol. The van der Waals surface area contributed by atoms with E-state index in [9.17, 15) is 4.79 Å². The standard InChI is InChI=1S/C15H18N4O2/c1-18-13-7-8-19(9-12(13)17-14(18)16)15(20)21-10-11-5-3-2-4-6-11/h2-6H,7-10H2,1H3,(H2,16,17). The van der Waals surface area contributed by atoms with Crippen LogP contribution < -0.4 is 5.73 Å². The fourth-order valence-electron chi connectivity index (χ4n) is 2.52. The van der Waals surface area contributed by atoms with E-state index in [4.69, 9.17) is 10.5 Å². The molecular formula is C15H18N4O2. The zero-order valence-corrected chi connectivity index (χ0v) is 12.0. The van der Waals surface area contributed by atoms with Gasteiger partial charge in [0.2, 0.25) is 0 Å². The number of fused-ring (bicyclic) bond motifs is 1. The quantitative estimate of drug-likeness (QED) is 0.912. The smallest absolute Gasteiger partial charge is 0.410 e. The molecule has 0 saturated heterocycles. The maximum absolute atomic E-state index is 12.1. The molecule has 0 radical (unpaired) electrons. The molecule has 0 saturated carbocycles. The van der Waals surface area contributed by atoms with Gasteiger partial charge in [0.15, 0.2) is 5.95 Å². The molecule has 6 heteroatoms. The van der Waals surface area contributed by atoms with Crippen molar-refractivity contribution in [3.63, 3.8) is 0 Å². The molecule has 0 spiro atoms. The molecule has 1 aliphatic heterocycles. The molecule has 0 fully saturated rings. The predicted octanol–water partition coefficient (Wildman–Crippen LogP) is 1.70. The first kappa shape index (κ1) is 13.5. The largest absolute Gasteiger partial charge is 0.445 e. The van der Waals surface area contributed by atoms with Crippen molar-refractivity contribution in [2.75, 3.05) is 12.3 Å². The summed E-state index contributed by atoms with van der Waals surface area (Å²) in [5, 5.41) is 0. The van der Waals surface area contributed by atoms with E-state index in [-0.39, 0.29) is 12.7 Å². The van der Waals surface area contributed by atoms with E-state index in [0.717, 1.165) is 23.4 Å². The average Bonchev–Trinajstić information content (AvgIpc) is 2.80. The lowest BCUT2D eigenvalue weighted by Gasteiger charge is -2.26. The fraction of sp³-hybridized carbons (Fsp3) is 0.333. The minimum absolute atomic E-state index is 0.285. The number of imidazole rings is 1. The van der Waals surface area contributed by atoms with Crippen molar-refractivity contribution < 1.29 is 9.53 Å². The Hall–Kier alpha value is -2.50. The Kier molecular flexibility index (Phi) is 3.51. The van der Waals surface area contributed by atoms with E-state index in [1.54, 1.807) is 4.90 Å². The van der Waals surface area contributed by atoms with E-state index >= 15 is 0 Å². The molecule has 3 rings (SSSR count). The van der Waals surface area contributed by atoms with Crippen molar-refractivity contribution in [3.8, 4) is 0 Å². The van der Waals surface area contributed by atoms with Crippen LogP contribution in [0.4, 0.5) is 10.7 Å². The maximum atomic E-state index is 12.1. The van der Waals surface area contributed by atoms with Crippen molar-refractivity contribution >= 4 is 12.0 Å². The lowest BCUT2D eigenvalue weighted by Crippen LogP contribution is -2.36. The molecule has 1 aliphatic rings. The van der Waals surface area contributed by atoms with Crippen LogP contribution in [0.5, 0.6) is 0 Å². The first-order valence-corrected chi connectivity index (χ1v) is 6.90. The van der Waals surface area contributed by atoms with Crippen molar-refractivity contribution in [1.82, 2.24) is 14.5 Å². The monoisotopic (exact) mass is 286 g/mol. The minimum Gasteiger partial charge on any atom is -0.445 e. The number of hydrogen-bond acceptors (Lipinski definition) is 4. The summed E-state index contributed by atoms with van der Waals surface area (Å²) in [5.74, 6) is 0.486. The number of rotatable bonds is 2. The summed E-state index contributed by atoms with van der Waals surface area (Å²) in [6.07, 6.45) is 0.435. The third-order valence-electron chi connectivity index (χ3n) is 3.75. The van der Waals surface area contributed by atoms with E-state index in [1.165, 1.54) is 0 Å². The third kappa shape index (κ3) is 2.69. The van der Waals surface area contributed by atoms with E-state index in [0.29, 0.717) is 19.0 Å². The van der Waals surface area contributed by atoms with Gasteiger partial charge in [-0.15, -0.1) is 0 Å². The Balaban J connectivity index is 1.62. The Labute approximate surface area is 123 Å². The summed E-state index contributed by atoms with van der Waals surface area (Å²) in [7, 11) is 1.89. The first-order chi connectivity index (χ1) is 10.1. The summed E-state index contributed by atoms with van der Waals surface area (Å²) >= 11 is 0. The SMILES string of the molecule is Cn1c(N)nc2c1CCN(C(=O)OCc1ccccc1)C2. The van der Waals surface area contributed by atoms with Gasteiger partial charge in [0, 0.05) is 25.7 Å². The first-order valence-electron chi connectivity index (χ1n) is 6.90. The van der Waals surface area contributed by atoms with Crippen LogP contribution in [0.15, 0.2) is 30.3 Å². The predicted molar refractivity (Wildman–Crippen MR) is 78.4 cm³/mol. The van der Waals surface area contributed by atoms with Crippen LogP contribution in [0.25, 0.3) is 0 Å². The zero-order chi connectivity index (χ0) is 14.8. The van der Waals surface area contributed by atoms with E-state index in [2.05, 4.69) is 4.98 Å². The highest BCUT2D eigenvalue weighted by Gasteiger charge is 2.25. The lowest BCUT2D eigenvalue weighted by molar-refractivity contribution is 0.0911. The number of nitrogen functional groups attached to an aromatic ring is 1. The van der Waals surface area contributed by atoms with Crippen LogP contribution in [0.2, 0.25) is 0 Å². The summed E-state index contributed by atoms with van der Waals surface area (Å²) < 4.78 is 7.22. The Morgan fingerprint density at radius 2 is 2.14 bits per heavy atom. The van der Waals surface area contributed by atoms with Gasteiger partial charge in [-0.2, -0.15) is 0 Å². The summed E-state index contributed by atoms with van der Waals surface area (Å²) in [4.78, 5) is 18.1. The normalized spacial score (nSPS) is 13.9. The molecule has 2 N–H and O–H groups in total. The Morgan fingerprint density at radius 1 is 1.38 bits per heavy atom. The van der Waals surface area contributed by atoms with Crippen molar-refractivity contribution in [2.45, 2.75) is 19.6 Å². The molecule has 0 unspecified atom stereocenters. The molecule has 0 aliphatic carbocycles. The summed E-state index contributed by atoms with van der Waals surface area (Å²) in [5.41, 5.74) is 8.73. The number of ether oxygens (including phenoxy) is 1. The number of aromatic nitrogens is 2. The third-order valence-corrected chi connectivity index (χ3v) is 3.75. The van der Waals surface area contributed by atoms with Crippen LogP contribution in [0.1, 0.15) is 17.0 Å². The molecule has 21 heavy (non-hydrogen) atoms. The van der Waals surface area contributed by atoms with Gasteiger partial charge in [-0.3, -0.25) is 0 Å². The molecule has 1 amide bonds. The van der Waals surface area contributed by atoms with Crippen molar-refractivity contribution in [3.05, 3.63) is 47.3 Å². The number of amides is 1. The highest BCUT2D eigenvalue weighted by molar-refractivity contribution is 5.68. The Morgan fingerprint density at radius 3 is 2.90 bits per heavy atom. The van der Waals surface area contributed by atoms with Gasteiger partial charge in [0.25, 0.3) is 0 Å². The highest BCUT2D eigenvalue weighted by atomic mass is 16.6. The second-order valence-electron chi connectivity index (χ2n) is 5.13. The second kappa shape index (κ2) is 5.47. The minimum atomic E-state index is -0.311. The molecule has 2 aromatic rings. The fourth-order valence-corrected chi connectivity index (χ4v) is 2.52. The van der Waals surface area contributed by atoms with Crippen molar-refractivity contribution in [1.29, 1.82) is 0 Å².